The first-order valence-corrected chi connectivity index (χ1v) is 10.7. The maximum atomic E-state index is 4.95. The Morgan fingerprint density at radius 2 is 2.00 bits per heavy atom. The molecule has 2 heterocycles. The number of benzene rings is 1. The Morgan fingerprint density at radius 1 is 1.17 bits per heavy atom. The van der Waals surface area contributed by atoms with Crippen molar-refractivity contribution >= 4 is 29.9 Å². The zero-order chi connectivity index (χ0) is 18.9. The van der Waals surface area contributed by atoms with Crippen LogP contribution in [-0.4, -0.2) is 52.9 Å². The number of aliphatic imine (C=N–C) groups is 1. The third kappa shape index (κ3) is 4.45. The number of rotatable bonds is 5. The van der Waals surface area contributed by atoms with Gasteiger partial charge in [0.05, 0.1) is 17.9 Å². The molecule has 5 rings (SSSR count). The van der Waals surface area contributed by atoms with E-state index in [2.05, 4.69) is 55.5 Å². The number of likely N-dealkylation sites (tertiary alicyclic amines) is 1. The van der Waals surface area contributed by atoms with Crippen molar-refractivity contribution in [3.8, 4) is 5.69 Å². The van der Waals surface area contributed by atoms with Crippen LogP contribution in [0.2, 0.25) is 0 Å². The van der Waals surface area contributed by atoms with Gasteiger partial charge in [-0.05, 0) is 56.2 Å². The monoisotopic (exact) mass is 506 g/mol. The first kappa shape index (κ1) is 20.7. The molecule has 7 heteroatoms. The highest BCUT2D eigenvalue weighted by atomic mass is 127. The molecule has 2 aromatic rings. The summed E-state index contributed by atoms with van der Waals surface area (Å²) in [4.78, 5) is 7.08. The predicted octanol–water partition coefficient (Wildman–Crippen LogP) is 2.88. The molecule has 29 heavy (non-hydrogen) atoms. The molecular weight excluding hydrogens is 475 g/mol. The highest BCUT2D eigenvalue weighted by Gasteiger charge is 2.34. The second-order valence-electron chi connectivity index (χ2n) is 8.25. The van der Waals surface area contributed by atoms with Crippen LogP contribution in [0.5, 0.6) is 0 Å². The van der Waals surface area contributed by atoms with Crippen LogP contribution in [0.25, 0.3) is 5.69 Å². The van der Waals surface area contributed by atoms with Crippen LogP contribution in [0.15, 0.2) is 35.3 Å². The molecule has 0 spiro atoms. The van der Waals surface area contributed by atoms with E-state index in [1.165, 1.54) is 43.5 Å². The van der Waals surface area contributed by atoms with Gasteiger partial charge in [-0.25, -0.2) is 4.68 Å². The molecule has 0 amide bonds. The molecule has 2 aliphatic carbocycles. The van der Waals surface area contributed by atoms with Crippen molar-refractivity contribution < 1.29 is 0 Å². The summed E-state index contributed by atoms with van der Waals surface area (Å²) < 4.78 is 2.14. The summed E-state index contributed by atoms with van der Waals surface area (Å²) in [7, 11) is 1.86. The SMILES string of the molecule is CN=C(NCc1nn(-c2ccccc2)c2c1CCC2)NC1CCN(C2CC2)C1.I. The number of nitrogens with zero attached hydrogens (tertiary/aromatic N) is 4. The predicted molar refractivity (Wildman–Crippen MR) is 127 cm³/mol. The fraction of sp³-hybridized carbons (Fsp3) is 0.545. The van der Waals surface area contributed by atoms with Crippen LogP contribution in [-0.2, 0) is 19.4 Å². The van der Waals surface area contributed by atoms with Gasteiger partial charge in [-0.15, -0.1) is 24.0 Å². The molecule has 1 saturated carbocycles. The summed E-state index contributed by atoms with van der Waals surface area (Å²) in [6, 6.07) is 11.8. The van der Waals surface area contributed by atoms with Crippen molar-refractivity contribution in [2.45, 2.75) is 57.2 Å². The van der Waals surface area contributed by atoms with Crippen molar-refractivity contribution in [1.29, 1.82) is 0 Å². The summed E-state index contributed by atoms with van der Waals surface area (Å²) in [6.45, 7) is 3.08. The smallest absolute Gasteiger partial charge is 0.191 e. The van der Waals surface area contributed by atoms with E-state index in [4.69, 9.17) is 5.10 Å². The molecule has 1 aromatic carbocycles. The molecule has 1 atom stereocenters. The van der Waals surface area contributed by atoms with Gasteiger partial charge in [0.15, 0.2) is 5.96 Å². The maximum Gasteiger partial charge on any atom is 0.191 e. The molecule has 6 nitrogen and oxygen atoms in total. The first-order valence-electron chi connectivity index (χ1n) is 10.7. The number of guanidine groups is 1. The second kappa shape index (κ2) is 9.04. The molecule has 1 saturated heterocycles. The second-order valence-corrected chi connectivity index (χ2v) is 8.25. The van der Waals surface area contributed by atoms with E-state index in [1.807, 2.05) is 7.05 Å². The summed E-state index contributed by atoms with van der Waals surface area (Å²) in [5.41, 5.74) is 5.11. The number of halogens is 1. The van der Waals surface area contributed by atoms with E-state index in [1.54, 1.807) is 0 Å². The van der Waals surface area contributed by atoms with Gasteiger partial charge in [0.25, 0.3) is 0 Å². The normalized spacial score (nSPS) is 21.7. The van der Waals surface area contributed by atoms with Gasteiger partial charge in [0, 0.05) is 37.9 Å². The average Bonchev–Trinajstić information content (AvgIpc) is 3.14. The zero-order valence-corrected chi connectivity index (χ0v) is 19.4. The van der Waals surface area contributed by atoms with Crippen molar-refractivity contribution in [2.24, 2.45) is 4.99 Å². The van der Waals surface area contributed by atoms with Crippen LogP contribution in [0.1, 0.15) is 42.6 Å². The van der Waals surface area contributed by atoms with Crippen LogP contribution in [0.3, 0.4) is 0 Å². The van der Waals surface area contributed by atoms with E-state index in [9.17, 15) is 0 Å². The number of nitrogens with one attached hydrogen (secondary N) is 2. The summed E-state index contributed by atoms with van der Waals surface area (Å²) in [5.74, 6) is 0.892. The summed E-state index contributed by atoms with van der Waals surface area (Å²) in [5, 5.41) is 12.1. The molecule has 2 N–H and O–H groups in total. The van der Waals surface area contributed by atoms with E-state index in [0.29, 0.717) is 6.04 Å². The standard InChI is InChI=1S/C22H30N6.HI/c1-23-22(25-16-12-13-27(15-16)17-10-11-17)24-14-20-19-8-5-9-21(19)28(26-20)18-6-3-2-4-7-18;/h2-4,6-7,16-17H,5,8-15H2,1H3,(H2,23,24,25);1H. The molecule has 1 aromatic heterocycles. The molecule has 0 radical (unpaired) electrons. The Hall–Kier alpha value is -1.61. The third-order valence-corrected chi connectivity index (χ3v) is 6.28. The lowest BCUT2D eigenvalue weighted by atomic mass is 10.2. The minimum absolute atomic E-state index is 0. The summed E-state index contributed by atoms with van der Waals surface area (Å²) in [6.07, 6.45) is 7.44. The lowest BCUT2D eigenvalue weighted by Crippen LogP contribution is -2.44. The zero-order valence-electron chi connectivity index (χ0n) is 17.1. The van der Waals surface area contributed by atoms with Crippen molar-refractivity contribution in [2.75, 3.05) is 20.1 Å². The first-order chi connectivity index (χ1) is 13.8. The van der Waals surface area contributed by atoms with E-state index >= 15 is 0 Å². The minimum atomic E-state index is 0. The topological polar surface area (TPSA) is 57.5 Å². The number of hydrogen-bond acceptors (Lipinski definition) is 3. The van der Waals surface area contributed by atoms with E-state index in [-0.39, 0.29) is 24.0 Å². The van der Waals surface area contributed by atoms with Gasteiger partial charge < -0.3 is 10.6 Å². The number of aromatic nitrogens is 2. The van der Waals surface area contributed by atoms with Crippen molar-refractivity contribution in [3.63, 3.8) is 0 Å². The Bertz CT molecular complexity index is 858. The fourth-order valence-corrected chi connectivity index (χ4v) is 4.67. The van der Waals surface area contributed by atoms with E-state index in [0.717, 1.165) is 49.3 Å². The fourth-order valence-electron chi connectivity index (χ4n) is 4.67. The molecule has 3 aliphatic rings. The molecule has 1 aliphatic heterocycles. The number of para-hydroxylation sites is 1. The highest BCUT2D eigenvalue weighted by molar-refractivity contribution is 14.0. The Balaban J connectivity index is 0.00000205. The van der Waals surface area contributed by atoms with Crippen LogP contribution in [0.4, 0.5) is 0 Å². The van der Waals surface area contributed by atoms with E-state index < -0.39 is 0 Å². The quantitative estimate of drug-likeness (QED) is 0.372. The van der Waals surface area contributed by atoms with Crippen LogP contribution in [0, 0.1) is 0 Å². The van der Waals surface area contributed by atoms with Gasteiger partial charge in [0.1, 0.15) is 0 Å². The Kier molecular flexibility index (Phi) is 6.44. The van der Waals surface area contributed by atoms with Gasteiger partial charge >= 0.3 is 0 Å². The molecule has 2 fully saturated rings. The van der Waals surface area contributed by atoms with Gasteiger partial charge in [-0.3, -0.25) is 9.89 Å². The third-order valence-electron chi connectivity index (χ3n) is 6.28. The van der Waals surface area contributed by atoms with Gasteiger partial charge in [-0.1, -0.05) is 18.2 Å². The average molecular weight is 506 g/mol. The molecule has 0 bridgehead atoms. The van der Waals surface area contributed by atoms with Crippen molar-refractivity contribution in [1.82, 2.24) is 25.3 Å². The van der Waals surface area contributed by atoms with Crippen LogP contribution < -0.4 is 10.6 Å². The molecule has 156 valence electrons. The molecule has 1 unspecified atom stereocenters. The minimum Gasteiger partial charge on any atom is -0.352 e. The lowest BCUT2D eigenvalue weighted by molar-refractivity contribution is 0.321. The van der Waals surface area contributed by atoms with Gasteiger partial charge in [0.2, 0.25) is 0 Å². The Morgan fingerprint density at radius 3 is 2.76 bits per heavy atom. The van der Waals surface area contributed by atoms with Gasteiger partial charge in [-0.2, -0.15) is 5.10 Å². The highest BCUT2D eigenvalue weighted by Crippen LogP contribution is 2.30. The largest absolute Gasteiger partial charge is 0.352 e. The maximum absolute atomic E-state index is 4.95. The summed E-state index contributed by atoms with van der Waals surface area (Å²) >= 11 is 0. The van der Waals surface area contributed by atoms with Crippen molar-refractivity contribution in [3.05, 3.63) is 47.3 Å². The Labute approximate surface area is 190 Å². The molecular formula is C22H31IN6. The number of fused-ring (bicyclic) bond motifs is 1. The van der Waals surface area contributed by atoms with Crippen LogP contribution >= 0.6 is 24.0 Å². The number of hydrogen-bond donors (Lipinski definition) is 2. The lowest BCUT2D eigenvalue weighted by Gasteiger charge is -2.18.